The van der Waals surface area contributed by atoms with Gasteiger partial charge >= 0.3 is 0 Å². The average Bonchev–Trinajstić information content (AvgIpc) is 3.35. The number of imidazole rings is 1. The highest BCUT2D eigenvalue weighted by atomic mass is 16.4. The minimum Gasteiger partial charge on any atom is -0.545 e. The van der Waals surface area contributed by atoms with E-state index in [4.69, 9.17) is 0 Å². The van der Waals surface area contributed by atoms with Gasteiger partial charge in [0.1, 0.15) is 5.82 Å². The van der Waals surface area contributed by atoms with Crippen molar-refractivity contribution in [3.05, 3.63) is 83.6 Å². The number of unbranched alkanes of at least 4 members (excludes halogenated alkanes) is 1. The highest BCUT2D eigenvalue weighted by molar-refractivity contribution is 5.92. The Morgan fingerprint density at radius 3 is 2.77 bits per heavy atom. The van der Waals surface area contributed by atoms with Gasteiger partial charge in [-0.25, -0.2) is 4.98 Å². The number of aromatic nitrogens is 3. The molecule has 1 N–H and O–H groups in total. The van der Waals surface area contributed by atoms with Crippen molar-refractivity contribution in [1.29, 1.82) is 0 Å². The Hall–Kier alpha value is -3.38. The number of fused-ring (bicyclic) bond motifs is 1. The summed E-state index contributed by atoms with van der Waals surface area (Å²) in [4.78, 5) is 16.0. The zero-order valence-electron chi connectivity index (χ0n) is 16.9. The van der Waals surface area contributed by atoms with Gasteiger partial charge in [0.05, 0.1) is 35.7 Å². The molecule has 0 aliphatic heterocycles. The van der Waals surface area contributed by atoms with Crippen molar-refractivity contribution in [3.8, 4) is 5.69 Å². The van der Waals surface area contributed by atoms with Crippen molar-refractivity contribution < 1.29 is 15.0 Å². The molecule has 2 aromatic carbocycles. The van der Waals surface area contributed by atoms with Gasteiger partial charge in [0, 0.05) is 30.1 Å². The summed E-state index contributed by atoms with van der Waals surface area (Å²) < 4.78 is 3.95. The molecule has 0 unspecified atom stereocenters. The summed E-state index contributed by atoms with van der Waals surface area (Å²) in [6, 6.07) is 14.9. The van der Waals surface area contributed by atoms with E-state index in [0.717, 1.165) is 47.2 Å². The third-order valence-electron chi connectivity index (χ3n) is 5.42. The summed E-state index contributed by atoms with van der Waals surface area (Å²) in [5.41, 5.74) is 3.57. The second-order valence-electron chi connectivity index (χ2n) is 7.40. The van der Waals surface area contributed by atoms with Crippen molar-refractivity contribution in [2.45, 2.75) is 39.3 Å². The van der Waals surface area contributed by atoms with E-state index in [9.17, 15) is 15.0 Å². The van der Waals surface area contributed by atoms with Crippen LogP contribution in [0.15, 0.2) is 60.9 Å². The minimum absolute atomic E-state index is 0.0439. The number of rotatable bonds is 8. The minimum atomic E-state index is -1.19. The number of carbonyl (C=O) groups is 1. The molecule has 4 rings (SSSR count). The summed E-state index contributed by atoms with van der Waals surface area (Å²) >= 11 is 0. The first-order valence-electron chi connectivity index (χ1n) is 10.2. The van der Waals surface area contributed by atoms with E-state index in [1.807, 2.05) is 35.0 Å². The fourth-order valence-electron chi connectivity index (χ4n) is 3.85. The quantitative estimate of drug-likeness (QED) is 0.491. The molecular weight excluding hydrogens is 378 g/mol. The second-order valence-corrected chi connectivity index (χ2v) is 7.40. The van der Waals surface area contributed by atoms with E-state index >= 15 is 0 Å². The number of hydrogen-bond donors (Lipinski definition) is 1. The fraction of sp³-hybridized carbons (Fsp3) is 0.250. The standard InChI is InChI=1S/C24H25N3O3/c1-2-3-8-23-25-14-19(16-28)27(23)15-17-9-10-21-18(13-17)11-12-26(21)22-7-5-4-6-20(22)24(29)30/h4-7,9-14,28H,2-3,8,15-16H2,1H3,(H,29,30)/p-1. The van der Waals surface area contributed by atoms with Crippen molar-refractivity contribution >= 4 is 16.9 Å². The number of carbonyl (C=O) groups excluding carboxylic acids is 1. The molecule has 2 heterocycles. The van der Waals surface area contributed by atoms with Crippen molar-refractivity contribution in [2.24, 2.45) is 0 Å². The van der Waals surface area contributed by atoms with Crippen LogP contribution in [0.5, 0.6) is 0 Å². The molecule has 6 heteroatoms. The van der Waals surface area contributed by atoms with Crippen molar-refractivity contribution in [1.82, 2.24) is 14.1 Å². The summed E-state index contributed by atoms with van der Waals surface area (Å²) in [7, 11) is 0. The third kappa shape index (κ3) is 3.74. The molecule has 154 valence electrons. The van der Waals surface area contributed by atoms with Crippen LogP contribution in [0.4, 0.5) is 0 Å². The van der Waals surface area contributed by atoms with Crippen LogP contribution < -0.4 is 5.11 Å². The number of carboxylic acids is 1. The predicted molar refractivity (Wildman–Crippen MR) is 113 cm³/mol. The molecule has 30 heavy (non-hydrogen) atoms. The molecule has 0 fully saturated rings. The molecule has 4 aromatic rings. The lowest BCUT2D eigenvalue weighted by atomic mass is 10.1. The maximum atomic E-state index is 11.5. The van der Waals surface area contributed by atoms with E-state index in [2.05, 4.69) is 22.5 Å². The number of carboxylic acid groups (broad SMARTS) is 1. The van der Waals surface area contributed by atoms with Crippen molar-refractivity contribution in [3.63, 3.8) is 0 Å². The summed E-state index contributed by atoms with van der Waals surface area (Å²) in [6.07, 6.45) is 6.65. The predicted octanol–water partition coefficient (Wildman–Crippen LogP) is 3.07. The van der Waals surface area contributed by atoms with Gasteiger partial charge in [-0.2, -0.15) is 0 Å². The molecule has 0 bridgehead atoms. The lowest BCUT2D eigenvalue weighted by Gasteiger charge is -2.14. The van der Waals surface area contributed by atoms with E-state index in [1.165, 1.54) is 0 Å². The fourth-order valence-corrected chi connectivity index (χ4v) is 3.85. The maximum absolute atomic E-state index is 11.5. The number of para-hydroxylation sites is 1. The Kier molecular flexibility index (Phi) is 5.68. The second kappa shape index (κ2) is 8.55. The van der Waals surface area contributed by atoms with E-state index in [1.54, 1.807) is 24.4 Å². The molecule has 2 aromatic heterocycles. The van der Waals surface area contributed by atoms with Crippen LogP contribution in [0.25, 0.3) is 16.6 Å². The first-order valence-corrected chi connectivity index (χ1v) is 10.2. The van der Waals surface area contributed by atoms with Crippen LogP contribution in [0.1, 0.15) is 47.2 Å². The summed E-state index contributed by atoms with van der Waals surface area (Å²) in [6.45, 7) is 2.74. The first kappa shape index (κ1) is 19.9. The van der Waals surface area contributed by atoms with Crippen LogP contribution in [-0.2, 0) is 19.6 Å². The molecule has 0 aliphatic rings. The smallest absolute Gasteiger partial charge is 0.109 e. The summed E-state index contributed by atoms with van der Waals surface area (Å²) in [5, 5.41) is 22.2. The van der Waals surface area contributed by atoms with Crippen molar-refractivity contribution in [2.75, 3.05) is 0 Å². The number of aliphatic hydroxyl groups excluding tert-OH is 1. The molecule has 0 amide bonds. The number of aryl methyl sites for hydroxylation is 1. The van der Waals surface area contributed by atoms with Gasteiger partial charge in [0.2, 0.25) is 0 Å². The Balaban J connectivity index is 1.69. The lowest BCUT2D eigenvalue weighted by Crippen LogP contribution is -2.23. The number of hydrogen-bond acceptors (Lipinski definition) is 4. The molecule has 0 saturated carbocycles. The van der Waals surface area contributed by atoms with Gasteiger partial charge in [-0.15, -0.1) is 0 Å². The lowest BCUT2D eigenvalue weighted by molar-refractivity contribution is -0.255. The van der Waals surface area contributed by atoms with Crippen LogP contribution >= 0.6 is 0 Å². The Morgan fingerprint density at radius 1 is 1.17 bits per heavy atom. The average molecular weight is 402 g/mol. The van der Waals surface area contributed by atoms with Gasteiger partial charge < -0.3 is 24.1 Å². The van der Waals surface area contributed by atoms with Crippen LogP contribution in [0.2, 0.25) is 0 Å². The Labute approximate surface area is 175 Å². The van der Waals surface area contributed by atoms with Crippen LogP contribution in [0, 0.1) is 0 Å². The number of benzene rings is 2. The van der Waals surface area contributed by atoms with E-state index in [-0.39, 0.29) is 12.2 Å². The van der Waals surface area contributed by atoms with Gasteiger partial charge in [0.25, 0.3) is 0 Å². The molecule has 6 nitrogen and oxygen atoms in total. The molecule has 0 atom stereocenters. The van der Waals surface area contributed by atoms with Gasteiger partial charge in [-0.3, -0.25) is 0 Å². The highest BCUT2D eigenvalue weighted by Crippen LogP contribution is 2.25. The summed E-state index contributed by atoms with van der Waals surface area (Å²) in [5.74, 6) is -0.207. The molecule has 0 spiro atoms. The van der Waals surface area contributed by atoms with E-state index < -0.39 is 5.97 Å². The van der Waals surface area contributed by atoms with E-state index in [0.29, 0.717) is 12.2 Å². The molecule has 0 radical (unpaired) electrons. The van der Waals surface area contributed by atoms with Crippen LogP contribution in [-0.4, -0.2) is 25.2 Å². The SMILES string of the molecule is CCCCc1ncc(CO)n1Cc1ccc2c(ccn2-c2ccccc2C(=O)[O-])c1. The zero-order chi connectivity index (χ0) is 21.1. The number of aromatic carboxylic acids is 1. The van der Waals surface area contributed by atoms with Gasteiger partial charge in [-0.1, -0.05) is 37.6 Å². The third-order valence-corrected chi connectivity index (χ3v) is 5.42. The molecule has 0 aliphatic carbocycles. The number of nitrogens with zero attached hydrogens (tertiary/aromatic N) is 3. The zero-order valence-corrected chi connectivity index (χ0v) is 16.9. The molecule has 0 saturated heterocycles. The molecular formula is C24H24N3O3-. The maximum Gasteiger partial charge on any atom is 0.109 e. The Morgan fingerprint density at radius 2 is 2.00 bits per heavy atom. The normalized spacial score (nSPS) is 11.3. The topological polar surface area (TPSA) is 83.1 Å². The monoisotopic (exact) mass is 402 g/mol. The van der Waals surface area contributed by atoms with Gasteiger partial charge in [0.15, 0.2) is 0 Å². The highest BCUT2D eigenvalue weighted by Gasteiger charge is 2.12. The first-order chi connectivity index (χ1) is 14.6. The largest absolute Gasteiger partial charge is 0.545 e. The van der Waals surface area contributed by atoms with Crippen LogP contribution in [0.3, 0.4) is 0 Å². The van der Waals surface area contributed by atoms with Gasteiger partial charge in [-0.05, 0) is 36.2 Å². The number of aliphatic hydroxyl groups is 1. The Bertz CT molecular complexity index is 1190.